The van der Waals surface area contributed by atoms with Crippen molar-refractivity contribution in [3.63, 3.8) is 0 Å². The SMILES string of the molecule is Cc1ccc2c(N3CCN(CC(O)c4ccc5oc(=O)cnc5c4)CC3)c(F)ccc2n1. The third-order valence-electron chi connectivity index (χ3n) is 5.94. The van der Waals surface area contributed by atoms with Gasteiger partial charge in [-0.2, -0.15) is 0 Å². The molecule has 1 fully saturated rings. The topological polar surface area (TPSA) is 82.7 Å². The van der Waals surface area contributed by atoms with E-state index in [4.69, 9.17) is 4.42 Å². The zero-order valence-electron chi connectivity index (χ0n) is 17.7. The van der Waals surface area contributed by atoms with E-state index >= 15 is 0 Å². The van der Waals surface area contributed by atoms with Crippen LogP contribution < -0.4 is 10.5 Å². The number of hydrogen-bond acceptors (Lipinski definition) is 7. The fourth-order valence-corrected chi connectivity index (χ4v) is 4.28. The molecular weight excluding hydrogens is 411 g/mol. The fourth-order valence-electron chi connectivity index (χ4n) is 4.28. The summed E-state index contributed by atoms with van der Waals surface area (Å²) in [6, 6.07) is 12.2. The number of rotatable bonds is 4. The van der Waals surface area contributed by atoms with Gasteiger partial charge < -0.3 is 14.4 Å². The zero-order valence-corrected chi connectivity index (χ0v) is 17.7. The number of pyridine rings is 1. The van der Waals surface area contributed by atoms with E-state index in [0.717, 1.165) is 22.8 Å². The van der Waals surface area contributed by atoms with E-state index in [0.29, 0.717) is 55.1 Å². The van der Waals surface area contributed by atoms with Crippen LogP contribution in [0.15, 0.2) is 57.9 Å². The van der Waals surface area contributed by atoms with Gasteiger partial charge in [0.2, 0.25) is 0 Å². The van der Waals surface area contributed by atoms with Gasteiger partial charge in [-0.25, -0.2) is 14.2 Å². The van der Waals surface area contributed by atoms with Crippen molar-refractivity contribution in [1.82, 2.24) is 14.9 Å². The normalized spacial score (nSPS) is 16.0. The Kier molecular flexibility index (Phi) is 5.32. The summed E-state index contributed by atoms with van der Waals surface area (Å²) in [4.78, 5) is 24.1. The van der Waals surface area contributed by atoms with Crippen molar-refractivity contribution in [2.24, 2.45) is 0 Å². The summed E-state index contributed by atoms with van der Waals surface area (Å²) in [6.07, 6.45) is 0.419. The highest BCUT2D eigenvalue weighted by Crippen LogP contribution is 2.30. The molecule has 0 spiro atoms. The van der Waals surface area contributed by atoms with Gasteiger partial charge in [-0.1, -0.05) is 6.07 Å². The molecule has 1 atom stereocenters. The van der Waals surface area contributed by atoms with E-state index in [9.17, 15) is 14.3 Å². The molecule has 7 nitrogen and oxygen atoms in total. The number of aryl methyl sites for hydroxylation is 1. The first kappa shape index (κ1) is 20.5. The van der Waals surface area contributed by atoms with Gasteiger partial charge >= 0.3 is 5.63 Å². The Morgan fingerprint density at radius 1 is 1.09 bits per heavy atom. The van der Waals surface area contributed by atoms with Crippen LogP contribution >= 0.6 is 0 Å². The van der Waals surface area contributed by atoms with Gasteiger partial charge in [-0.15, -0.1) is 0 Å². The molecule has 0 bridgehead atoms. The van der Waals surface area contributed by atoms with Crippen LogP contribution in [-0.4, -0.2) is 52.7 Å². The number of anilines is 1. The Morgan fingerprint density at radius 2 is 1.91 bits per heavy atom. The quantitative estimate of drug-likeness (QED) is 0.529. The molecule has 0 saturated carbocycles. The van der Waals surface area contributed by atoms with Crippen LogP contribution in [-0.2, 0) is 0 Å². The fraction of sp³-hybridized carbons (Fsp3) is 0.292. The van der Waals surface area contributed by atoms with Gasteiger partial charge in [0.05, 0.1) is 17.3 Å². The minimum Gasteiger partial charge on any atom is -0.420 e. The second-order valence-corrected chi connectivity index (χ2v) is 8.13. The number of aliphatic hydroxyl groups is 1. The van der Waals surface area contributed by atoms with Crippen LogP contribution in [0.3, 0.4) is 0 Å². The molecule has 3 heterocycles. The molecule has 164 valence electrons. The van der Waals surface area contributed by atoms with E-state index in [1.165, 1.54) is 6.07 Å². The van der Waals surface area contributed by atoms with Gasteiger partial charge in [0.25, 0.3) is 0 Å². The number of aliphatic hydroxyl groups excluding tert-OH is 1. The summed E-state index contributed by atoms with van der Waals surface area (Å²) in [7, 11) is 0. The van der Waals surface area contributed by atoms with Crippen molar-refractivity contribution in [2.75, 3.05) is 37.6 Å². The van der Waals surface area contributed by atoms with E-state index < -0.39 is 11.7 Å². The number of halogens is 1. The van der Waals surface area contributed by atoms with Crippen molar-refractivity contribution in [3.8, 4) is 0 Å². The summed E-state index contributed by atoms with van der Waals surface area (Å²) >= 11 is 0. The third-order valence-corrected chi connectivity index (χ3v) is 5.94. The number of aromatic nitrogens is 2. The maximum Gasteiger partial charge on any atom is 0.354 e. The maximum atomic E-state index is 14.7. The molecule has 1 N–H and O–H groups in total. The first-order chi connectivity index (χ1) is 15.5. The van der Waals surface area contributed by atoms with Crippen LogP contribution in [0.2, 0.25) is 0 Å². The average Bonchev–Trinajstić information content (AvgIpc) is 2.79. The minimum absolute atomic E-state index is 0.244. The summed E-state index contributed by atoms with van der Waals surface area (Å²) in [5.74, 6) is -0.244. The number of β-amino-alcohol motifs (C(OH)–C–C–N with tert-alkyl or cyclic N) is 1. The van der Waals surface area contributed by atoms with Crippen LogP contribution in [0.1, 0.15) is 17.4 Å². The van der Waals surface area contributed by atoms with Crippen molar-refractivity contribution >= 4 is 27.7 Å². The molecule has 0 radical (unpaired) electrons. The smallest absolute Gasteiger partial charge is 0.354 e. The standard InChI is InChI=1S/C24H23FN4O3/c1-15-2-4-17-19(27-15)6-5-18(25)24(17)29-10-8-28(9-11-29)14-21(30)16-3-7-22-20(12-16)26-13-23(31)32-22/h2-7,12-13,21,30H,8-11,14H2,1H3. The molecule has 1 unspecified atom stereocenters. The number of piperazine rings is 1. The molecule has 32 heavy (non-hydrogen) atoms. The molecule has 1 aliphatic heterocycles. The van der Waals surface area contributed by atoms with E-state index in [-0.39, 0.29) is 5.82 Å². The molecule has 2 aromatic carbocycles. The lowest BCUT2D eigenvalue weighted by atomic mass is 10.1. The minimum atomic E-state index is -0.707. The van der Waals surface area contributed by atoms with Crippen molar-refractivity contribution in [2.45, 2.75) is 13.0 Å². The molecule has 1 aliphatic rings. The zero-order chi connectivity index (χ0) is 22.2. The highest BCUT2D eigenvalue weighted by atomic mass is 19.1. The van der Waals surface area contributed by atoms with Crippen molar-refractivity contribution < 1.29 is 13.9 Å². The van der Waals surface area contributed by atoms with Crippen molar-refractivity contribution in [1.29, 1.82) is 0 Å². The van der Waals surface area contributed by atoms with Crippen LogP contribution in [0.5, 0.6) is 0 Å². The molecule has 1 saturated heterocycles. The number of nitrogens with zero attached hydrogens (tertiary/aromatic N) is 4. The summed E-state index contributed by atoms with van der Waals surface area (Å²) in [5, 5.41) is 11.6. The lowest BCUT2D eigenvalue weighted by Crippen LogP contribution is -2.47. The van der Waals surface area contributed by atoms with Crippen molar-refractivity contribution in [3.05, 3.63) is 76.2 Å². The molecule has 2 aromatic heterocycles. The second kappa shape index (κ2) is 8.29. The summed E-state index contributed by atoms with van der Waals surface area (Å²) in [5.41, 5.74) is 3.42. The Balaban J connectivity index is 1.28. The summed E-state index contributed by atoms with van der Waals surface area (Å²) < 4.78 is 19.8. The predicted molar refractivity (Wildman–Crippen MR) is 120 cm³/mol. The molecule has 0 amide bonds. The van der Waals surface area contributed by atoms with Gasteiger partial charge in [0.1, 0.15) is 17.5 Å². The highest BCUT2D eigenvalue weighted by Gasteiger charge is 2.23. The molecule has 5 rings (SSSR count). The van der Waals surface area contributed by atoms with E-state index in [1.54, 1.807) is 24.3 Å². The lowest BCUT2D eigenvalue weighted by Gasteiger charge is -2.37. The summed E-state index contributed by atoms with van der Waals surface area (Å²) in [6.45, 7) is 5.09. The van der Waals surface area contributed by atoms with Gasteiger partial charge in [0, 0.05) is 43.8 Å². The number of benzene rings is 2. The van der Waals surface area contributed by atoms with Crippen LogP contribution in [0, 0.1) is 12.7 Å². The largest absolute Gasteiger partial charge is 0.420 e. The monoisotopic (exact) mass is 434 g/mol. The Hall–Kier alpha value is -3.36. The Labute approximate surface area is 183 Å². The Morgan fingerprint density at radius 3 is 2.72 bits per heavy atom. The molecule has 4 aromatic rings. The van der Waals surface area contributed by atoms with Crippen LogP contribution in [0.4, 0.5) is 10.1 Å². The van der Waals surface area contributed by atoms with Gasteiger partial charge in [0.15, 0.2) is 5.58 Å². The second-order valence-electron chi connectivity index (χ2n) is 8.13. The molecule has 0 aliphatic carbocycles. The van der Waals surface area contributed by atoms with Gasteiger partial charge in [-0.3, -0.25) is 9.88 Å². The van der Waals surface area contributed by atoms with Crippen LogP contribution in [0.25, 0.3) is 22.0 Å². The Bertz CT molecular complexity index is 1350. The average molecular weight is 434 g/mol. The highest BCUT2D eigenvalue weighted by molar-refractivity contribution is 5.92. The molecular formula is C24H23FN4O3. The van der Waals surface area contributed by atoms with E-state index in [1.807, 2.05) is 19.1 Å². The van der Waals surface area contributed by atoms with Gasteiger partial charge in [-0.05, 0) is 48.9 Å². The first-order valence-corrected chi connectivity index (χ1v) is 10.6. The lowest BCUT2D eigenvalue weighted by molar-refractivity contribution is 0.109. The van der Waals surface area contributed by atoms with E-state index in [2.05, 4.69) is 19.8 Å². The number of hydrogen-bond donors (Lipinski definition) is 1. The molecule has 8 heteroatoms. The number of fused-ring (bicyclic) bond motifs is 2. The predicted octanol–water partition coefficient (Wildman–Crippen LogP) is 3.04. The third kappa shape index (κ3) is 3.94. The first-order valence-electron chi connectivity index (χ1n) is 10.6. The maximum absolute atomic E-state index is 14.7.